The highest BCUT2D eigenvalue weighted by molar-refractivity contribution is 5.78. The lowest BCUT2D eigenvalue weighted by molar-refractivity contribution is 0.100. The molecule has 0 fully saturated rings. The Bertz CT molecular complexity index is 532. The number of imidazole rings is 1. The number of benzene rings is 1. The summed E-state index contributed by atoms with van der Waals surface area (Å²) >= 11 is 0. The van der Waals surface area contributed by atoms with Gasteiger partial charge < -0.3 is 19.8 Å². The maximum absolute atomic E-state index is 5.71. The molecule has 1 atom stereocenters. The van der Waals surface area contributed by atoms with Crippen molar-refractivity contribution in [3.05, 3.63) is 24.0 Å². The van der Waals surface area contributed by atoms with Gasteiger partial charge in [-0.2, -0.15) is 0 Å². The summed E-state index contributed by atoms with van der Waals surface area (Å²) in [6, 6.07) is 5.87. The number of aryl methyl sites for hydroxylation is 1. The first-order chi connectivity index (χ1) is 8.74. The molecule has 98 valence electrons. The predicted molar refractivity (Wildman–Crippen MR) is 70.8 cm³/mol. The molecule has 5 heteroatoms. The van der Waals surface area contributed by atoms with Gasteiger partial charge in [0.1, 0.15) is 17.7 Å². The first-order valence-electron chi connectivity index (χ1n) is 6.02. The van der Waals surface area contributed by atoms with Crippen molar-refractivity contribution in [3.63, 3.8) is 0 Å². The molecule has 18 heavy (non-hydrogen) atoms. The number of fused-ring (bicyclic) bond motifs is 1. The van der Waals surface area contributed by atoms with Crippen LogP contribution in [0.25, 0.3) is 11.0 Å². The van der Waals surface area contributed by atoms with Crippen molar-refractivity contribution in [2.45, 2.75) is 19.6 Å². The van der Waals surface area contributed by atoms with Crippen molar-refractivity contribution >= 4 is 11.0 Å². The van der Waals surface area contributed by atoms with Crippen LogP contribution in [-0.4, -0.2) is 30.3 Å². The van der Waals surface area contributed by atoms with Gasteiger partial charge in [-0.3, -0.25) is 0 Å². The van der Waals surface area contributed by atoms with Crippen molar-refractivity contribution in [3.8, 4) is 5.75 Å². The summed E-state index contributed by atoms with van der Waals surface area (Å²) in [5, 5.41) is 0. The maximum Gasteiger partial charge on any atom is 0.140 e. The minimum Gasteiger partial charge on any atom is -0.497 e. The van der Waals surface area contributed by atoms with Gasteiger partial charge in [0.2, 0.25) is 0 Å². The maximum atomic E-state index is 5.71. The fraction of sp³-hybridized carbons (Fsp3) is 0.462. The van der Waals surface area contributed by atoms with Gasteiger partial charge in [-0.15, -0.1) is 0 Å². The monoisotopic (exact) mass is 249 g/mol. The molecular weight excluding hydrogens is 230 g/mol. The van der Waals surface area contributed by atoms with E-state index >= 15 is 0 Å². The third-order valence-corrected chi connectivity index (χ3v) is 3.09. The highest BCUT2D eigenvalue weighted by atomic mass is 16.5. The van der Waals surface area contributed by atoms with Gasteiger partial charge in [-0.25, -0.2) is 4.98 Å². The van der Waals surface area contributed by atoms with Crippen LogP contribution in [0.5, 0.6) is 5.75 Å². The quantitative estimate of drug-likeness (QED) is 0.876. The lowest BCUT2D eigenvalue weighted by Gasteiger charge is -2.14. The lowest BCUT2D eigenvalue weighted by atomic mass is 10.3. The van der Waals surface area contributed by atoms with E-state index in [9.17, 15) is 0 Å². The Morgan fingerprint density at radius 1 is 1.39 bits per heavy atom. The van der Waals surface area contributed by atoms with Gasteiger partial charge in [0.25, 0.3) is 0 Å². The second kappa shape index (κ2) is 5.37. The van der Waals surface area contributed by atoms with E-state index in [0.29, 0.717) is 6.54 Å². The fourth-order valence-electron chi connectivity index (χ4n) is 2.14. The summed E-state index contributed by atoms with van der Waals surface area (Å²) in [5.41, 5.74) is 7.69. The first kappa shape index (κ1) is 12.9. The molecule has 2 aromatic rings. The molecule has 0 aliphatic carbocycles. The van der Waals surface area contributed by atoms with Gasteiger partial charge in [0.15, 0.2) is 0 Å². The SMILES string of the molecule is CCn1c(C(CN)OC)nc2cc(OC)ccc21. The third kappa shape index (κ3) is 2.07. The van der Waals surface area contributed by atoms with E-state index in [2.05, 4.69) is 16.5 Å². The number of rotatable bonds is 5. The number of aromatic nitrogens is 2. The van der Waals surface area contributed by atoms with Crippen LogP contribution in [0, 0.1) is 0 Å². The van der Waals surface area contributed by atoms with Crippen molar-refractivity contribution in [2.24, 2.45) is 5.73 Å². The molecule has 2 rings (SSSR count). The van der Waals surface area contributed by atoms with Crippen LogP contribution in [-0.2, 0) is 11.3 Å². The van der Waals surface area contributed by atoms with Crippen LogP contribution in [0.1, 0.15) is 18.9 Å². The van der Waals surface area contributed by atoms with Gasteiger partial charge in [0, 0.05) is 26.3 Å². The van der Waals surface area contributed by atoms with Crippen molar-refractivity contribution in [2.75, 3.05) is 20.8 Å². The highest BCUT2D eigenvalue weighted by Crippen LogP contribution is 2.25. The van der Waals surface area contributed by atoms with Crippen LogP contribution >= 0.6 is 0 Å². The highest BCUT2D eigenvalue weighted by Gasteiger charge is 2.18. The van der Waals surface area contributed by atoms with E-state index < -0.39 is 0 Å². The number of methoxy groups -OCH3 is 2. The third-order valence-electron chi connectivity index (χ3n) is 3.09. The molecule has 1 unspecified atom stereocenters. The van der Waals surface area contributed by atoms with Crippen LogP contribution < -0.4 is 10.5 Å². The average Bonchev–Trinajstić information content (AvgIpc) is 2.77. The van der Waals surface area contributed by atoms with Crippen molar-refractivity contribution < 1.29 is 9.47 Å². The fourth-order valence-corrected chi connectivity index (χ4v) is 2.14. The summed E-state index contributed by atoms with van der Waals surface area (Å²) in [6.07, 6.45) is -0.177. The van der Waals surface area contributed by atoms with E-state index in [-0.39, 0.29) is 6.10 Å². The van der Waals surface area contributed by atoms with E-state index in [1.807, 2.05) is 18.2 Å². The zero-order valence-electron chi connectivity index (χ0n) is 11.0. The van der Waals surface area contributed by atoms with E-state index in [4.69, 9.17) is 15.2 Å². The standard InChI is InChI=1S/C13H19N3O2/c1-4-16-11-6-5-9(17-2)7-10(11)15-13(16)12(8-14)18-3/h5-7,12H,4,8,14H2,1-3H3. The Morgan fingerprint density at radius 2 is 2.17 bits per heavy atom. The lowest BCUT2D eigenvalue weighted by Crippen LogP contribution is -2.18. The minimum absolute atomic E-state index is 0.177. The van der Waals surface area contributed by atoms with Crippen LogP contribution in [0.3, 0.4) is 0 Å². The molecule has 0 saturated carbocycles. The molecule has 0 aliphatic rings. The van der Waals surface area contributed by atoms with E-state index in [0.717, 1.165) is 29.2 Å². The molecule has 0 spiro atoms. The number of hydrogen-bond acceptors (Lipinski definition) is 4. The van der Waals surface area contributed by atoms with Gasteiger partial charge in [-0.05, 0) is 19.1 Å². The molecule has 0 amide bonds. The number of ether oxygens (including phenoxy) is 2. The Kier molecular flexibility index (Phi) is 3.84. The Hall–Kier alpha value is -1.59. The molecule has 1 aromatic heterocycles. The molecule has 1 heterocycles. The predicted octanol–water partition coefficient (Wildman–Crippen LogP) is 1.71. The zero-order chi connectivity index (χ0) is 13.1. The molecule has 0 bridgehead atoms. The zero-order valence-corrected chi connectivity index (χ0v) is 11.0. The molecule has 0 saturated heterocycles. The normalized spacial score (nSPS) is 12.9. The van der Waals surface area contributed by atoms with Crippen LogP contribution in [0.15, 0.2) is 18.2 Å². The second-order valence-electron chi connectivity index (χ2n) is 4.03. The second-order valence-corrected chi connectivity index (χ2v) is 4.03. The Morgan fingerprint density at radius 3 is 2.72 bits per heavy atom. The van der Waals surface area contributed by atoms with Gasteiger partial charge >= 0.3 is 0 Å². The van der Waals surface area contributed by atoms with E-state index in [1.165, 1.54) is 0 Å². The summed E-state index contributed by atoms with van der Waals surface area (Å²) in [5.74, 6) is 1.67. The molecular formula is C13H19N3O2. The van der Waals surface area contributed by atoms with E-state index in [1.54, 1.807) is 14.2 Å². The van der Waals surface area contributed by atoms with Crippen LogP contribution in [0.4, 0.5) is 0 Å². The van der Waals surface area contributed by atoms with Gasteiger partial charge in [0.05, 0.1) is 18.1 Å². The Labute approximate surface area is 107 Å². The Balaban J connectivity index is 2.59. The van der Waals surface area contributed by atoms with Crippen LogP contribution in [0.2, 0.25) is 0 Å². The molecule has 0 radical (unpaired) electrons. The molecule has 5 nitrogen and oxygen atoms in total. The molecule has 0 aliphatic heterocycles. The first-order valence-corrected chi connectivity index (χ1v) is 6.02. The number of nitrogens with zero attached hydrogens (tertiary/aromatic N) is 2. The van der Waals surface area contributed by atoms with Gasteiger partial charge in [-0.1, -0.05) is 0 Å². The summed E-state index contributed by atoms with van der Waals surface area (Å²) in [6.45, 7) is 3.33. The summed E-state index contributed by atoms with van der Waals surface area (Å²) in [7, 11) is 3.30. The smallest absolute Gasteiger partial charge is 0.140 e. The number of hydrogen-bond donors (Lipinski definition) is 1. The minimum atomic E-state index is -0.177. The van der Waals surface area contributed by atoms with Crippen molar-refractivity contribution in [1.29, 1.82) is 0 Å². The number of nitrogens with two attached hydrogens (primary N) is 1. The largest absolute Gasteiger partial charge is 0.497 e. The molecule has 2 N–H and O–H groups in total. The van der Waals surface area contributed by atoms with Crippen molar-refractivity contribution in [1.82, 2.24) is 9.55 Å². The summed E-state index contributed by atoms with van der Waals surface area (Å²) < 4.78 is 12.7. The average molecular weight is 249 g/mol. The topological polar surface area (TPSA) is 62.3 Å². The summed E-state index contributed by atoms with van der Waals surface area (Å²) in [4.78, 5) is 4.61. The molecule has 1 aromatic carbocycles.